The Kier molecular flexibility index (Phi) is 3.78. The fraction of sp³-hybridized carbons (Fsp3) is 0.158. The van der Waals surface area contributed by atoms with Crippen LogP contribution in [0.15, 0.2) is 66.7 Å². The standard InChI is InChI=1S/C19H20N2/c1-21(2)19-11-9-18(10-12-19)20-14-15-7-8-16-5-3-4-6-17(16)13-15/h3-13,20H,14H2,1-2H3. The summed E-state index contributed by atoms with van der Waals surface area (Å²) < 4.78 is 0. The van der Waals surface area contributed by atoms with Crippen molar-refractivity contribution in [1.29, 1.82) is 0 Å². The molecule has 0 amide bonds. The minimum atomic E-state index is 0.839. The average molecular weight is 276 g/mol. The molecular weight excluding hydrogens is 256 g/mol. The molecule has 0 unspecified atom stereocenters. The first kappa shape index (κ1) is 13.5. The minimum Gasteiger partial charge on any atom is -0.381 e. The van der Waals surface area contributed by atoms with E-state index in [0.29, 0.717) is 0 Å². The zero-order chi connectivity index (χ0) is 14.7. The summed E-state index contributed by atoms with van der Waals surface area (Å²) in [5.74, 6) is 0. The zero-order valence-electron chi connectivity index (χ0n) is 12.5. The summed E-state index contributed by atoms with van der Waals surface area (Å²) in [6.45, 7) is 0.839. The minimum absolute atomic E-state index is 0.839. The number of nitrogens with one attached hydrogen (secondary N) is 1. The van der Waals surface area contributed by atoms with Crippen molar-refractivity contribution >= 4 is 22.1 Å². The molecule has 2 nitrogen and oxygen atoms in total. The number of nitrogens with zero attached hydrogens (tertiary/aromatic N) is 1. The molecule has 0 atom stereocenters. The topological polar surface area (TPSA) is 15.3 Å². The second-order valence-corrected chi connectivity index (χ2v) is 5.48. The van der Waals surface area contributed by atoms with Gasteiger partial charge < -0.3 is 10.2 Å². The second kappa shape index (κ2) is 5.88. The van der Waals surface area contributed by atoms with Crippen LogP contribution >= 0.6 is 0 Å². The van der Waals surface area contributed by atoms with E-state index in [1.807, 2.05) is 0 Å². The second-order valence-electron chi connectivity index (χ2n) is 5.48. The lowest BCUT2D eigenvalue weighted by atomic mass is 10.1. The molecule has 106 valence electrons. The van der Waals surface area contributed by atoms with Crippen molar-refractivity contribution in [2.45, 2.75) is 6.54 Å². The van der Waals surface area contributed by atoms with Gasteiger partial charge in [0.05, 0.1) is 0 Å². The molecule has 1 N–H and O–H groups in total. The van der Waals surface area contributed by atoms with Gasteiger partial charge in [0.25, 0.3) is 0 Å². The fourth-order valence-corrected chi connectivity index (χ4v) is 2.43. The van der Waals surface area contributed by atoms with Crippen molar-refractivity contribution in [3.63, 3.8) is 0 Å². The predicted molar refractivity (Wildman–Crippen MR) is 92.0 cm³/mol. The first-order valence-electron chi connectivity index (χ1n) is 7.21. The first-order chi connectivity index (χ1) is 10.2. The monoisotopic (exact) mass is 276 g/mol. The number of rotatable bonds is 4. The van der Waals surface area contributed by atoms with E-state index in [0.717, 1.165) is 12.2 Å². The summed E-state index contributed by atoms with van der Waals surface area (Å²) in [5, 5.41) is 6.05. The van der Waals surface area contributed by atoms with Crippen LogP contribution in [0.4, 0.5) is 11.4 Å². The van der Waals surface area contributed by atoms with Crippen LogP contribution in [0.5, 0.6) is 0 Å². The van der Waals surface area contributed by atoms with Crippen molar-refractivity contribution in [2.24, 2.45) is 0 Å². The molecule has 0 aliphatic heterocycles. The molecule has 0 aliphatic rings. The molecule has 2 heteroatoms. The summed E-state index contributed by atoms with van der Waals surface area (Å²) in [5.41, 5.74) is 3.66. The molecule has 3 rings (SSSR count). The van der Waals surface area contributed by atoms with Crippen molar-refractivity contribution < 1.29 is 0 Å². The predicted octanol–water partition coefficient (Wildman–Crippen LogP) is 4.52. The third kappa shape index (κ3) is 3.16. The fourth-order valence-electron chi connectivity index (χ4n) is 2.43. The molecule has 0 heterocycles. The van der Waals surface area contributed by atoms with Crippen LogP contribution in [-0.2, 0) is 6.54 Å². The van der Waals surface area contributed by atoms with E-state index in [2.05, 4.69) is 91.0 Å². The highest BCUT2D eigenvalue weighted by Crippen LogP contribution is 2.18. The van der Waals surface area contributed by atoms with Crippen LogP contribution in [-0.4, -0.2) is 14.1 Å². The third-order valence-electron chi connectivity index (χ3n) is 3.69. The van der Waals surface area contributed by atoms with Crippen molar-refractivity contribution in [3.8, 4) is 0 Å². The summed E-state index contributed by atoms with van der Waals surface area (Å²) in [6, 6.07) is 23.6. The van der Waals surface area contributed by atoms with Crippen molar-refractivity contribution in [1.82, 2.24) is 0 Å². The van der Waals surface area contributed by atoms with Crippen LogP contribution in [0.25, 0.3) is 10.8 Å². The van der Waals surface area contributed by atoms with Gasteiger partial charge in [-0.1, -0.05) is 36.4 Å². The molecule has 0 aromatic heterocycles. The molecule has 3 aromatic carbocycles. The lowest BCUT2D eigenvalue weighted by Gasteiger charge is -2.13. The Morgan fingerprint density at radius 1 is 0.810 bits per heavy atom. The van der Waals surface area contributed by atoms with Gasteiger partial charge >= 0.3 is 0 Å². The quantitative estimate of drug-likeness (QED) is 0.753. The van der Waals surface area contributed by atoms with Gasteiger partial charge in [0.2, 0.25) is 0 Å². The van der Waals surface area contributed by atoms with Gasteiger partial charge in [-0.05, 0) is 46.7 Å². The van der Waals surface area contributed by atoms with Gasteiger partial charge in [-0.15, -0.1) is 0 Å². The van der Waals surface area contributed by atoms with Gasteiger partial charge in [0.1, 0.15) is 0 Å². The number of anilines is 2. The summed E-state index contributed by atoms with van der Waals surface area (Å²) in [7, 11) is 4.11. The third-order valence-corrected chi connectivity index (χ3v) is 3.69. The molecule has 0 spiro atoms. The van der Waals surface area contributed by atoms with E-state index < -0.39 is 0 Å². The molecule has 0 saturated heterocycles. The van der Waals surface area contributed by atoms with E-state index in [1.54, 1.807) is 0 Å². The molecule has 21 heavy (non-hydrogen) atoms. The number of fused-ring (bicyclic) bond motifs is 1. The highest BCUT2D eigenvalue weighted by Gasteiger charge is 1.98. The molecule has 0 fully saturated rings. The Labute approximate surface area is 126 Å². The number of hydrogen-bond acceptors (Lipinski definition) is 2. The summed E-state index contributed by atoms with van der Waals surface area (Å²) in [6.07, 6.45) is 0. The molecular formula is C19H20N2. The largest absolute Gasteiger partial charge is 0.381 e. The Bertz CT molecular complexity index is 730. The lowest BCUT2D eigenvalue weighted by Crippen LogP contribution is -2.08. The summed E-state index contributed by atoms with van der Waals surface area (Å²) >= 11 is 0. The zero-order valence-corrected chi connectivity index (χ0v) is 12.5. The van der Waals surface area contributed by atoms with Gasteiger partial charge in [0, 0.05) is 32.0 Å². The van der Waals surface area contributed by atoms with Gasteiger partial charge in [0.15, 0.2) is 0 Å². The molecule has 0 radical (unpaired) electrons. The molecule has 3 aromatic rings. The van der Waals surface area contributed by atoms with E-state index in [9.17, 15) is 0 Å². The Balaban J connectivity index is 1.71. The Morgan fingerprint density at radius 3 is 2.24 bits per heavy atom. The Morgan fingerprint density at radius 2 is 1.52 bits per heavy atom. The van der Waals surface area contributed by atoms with Gasteiger partial charge in [-0.25, -0.2) is 0 Å². The SMILES string of the molecule is CN(C)c1ccc(NCc2ccc3ccccc3c2)cc1. The smallest absolute Gasteiger partial charge is 0.0401 e. The van der Waals surface area contributed by atoms with Crippen LogP contribution in [0.1, 0.15) is 5.56 Å². The van der Waals surface area contributed by atoms with E-state index in [4.69, 9.17) is 0 Å². The summed E-state index contributed by atoms with van der Waals surface area (Å²) in [4.78, 5) is 2.10. The van der Waals surface area contributed by atoms with E-state index in [-0.39, 0.29) is 0 Å². The number of benzene rings is 3. The highest BCUT2D eigenvalue weighted by molar-refractivity contribution is 5.83. The van der Waals surface area contributed by atoms with Gasteiger partial charge in [-0.2, -0.15) is 0 Å². The maximum Gasteiger partial charge on any atom is 0.0401 e. The van der Waals surface area contributed by atoms with Crippen LogP contribution in [0.3, 0.4) is 0 Å². The molecule has 0 bridgehead atoms. The van der Waals surface area contributed by atoms with Gasteiger partial charge in [-0.3, -0.25) is 0 Å². The molecule has 0 saturated carbocycles. The highest BCUT2D eigenvalue weighted by atomic mass is 15.1. The number of hydrogen-bond donors (Lipinski definition) is 1. The average Bonchev–Trinajstić information content (AvgIpc) is 2.53. The van der Waals surface area contributed by atoms with Crippen molar-refractivity contribution in [2.75, 3.05) is 24.3 Å². The molecule has 0 aliphatic carbocycles. The first-order valence-corrected chi connectivity index (χ1v) is 7.21. The van der Waals surface area contributed by atoms with E-state index in [1.165, 1.54) is 22.0 Å². The maximum absolute atomic E-state index is 3.47. The van der Waals surface area contributed by atoms with Crippen LogP contribution in [0, 0.1) is 0 Å². The van der Waals surface area contributed by atoms with Crippen LogP contribution in [0.2, 0.25) is 0 Å². The van der Waals surface area contributed by atoms with Crippen molar-refractivity contribution in [3.05, 3.63) is 72.3 Å². The Hall–Kier alpha value is -2.48. The normalized spacial score (nSPS) is 10.6. The van der Waals surface area contributed by atoms with E-state index >= 15 is 0 Å². The maximum atomic E-state index is 3.47. The van der Waals surface area contributed by atoms with Crippen LogP contribution < -0.4 is 10.2 Å². The lowest BCUT2D eigenvalue weighted by molar-refractivity contribution is 1.12.